The van der Waals surface area contributed by atoms with Gasteiger partial charge in [-0.05, 0) is 23.6 Å². The van der Waals surface area contributed by atoms with E-state index in [1.54, 1.807) is 0 Å². The van der Waals surface area contributed by atoms with Gasteiger partial charge in [0, 0.05) is 25.6 Å². The molecule has 3 N–H and O–H groups in total. The van der Waals surface area contributed by atoms with E-state index in [4.69, 9.17) is 4.74 Å². The number of amides is 1. The highest BCUT2D eigenvalue weighted by atomic mass is 16.5. The third-order valence-electron chi connectivity index (χ3n) is 3.76. The predicted molar refractivity (Wildman–Crippen MR) is 81.4 cm³/mol. The molecule has 1 aliphatic rings. The Kier molecular flexibility index (Phi) is 5.59. The average Bonchev–Trinajstić information content (AvgIpc) is 2.88. The van der Waals surface area contributed by atoms with E-state index in [-0.39, 0.29) is 24.5 Å². The normalized spacial score (nSPS) is 21.5. The summed E-state index contributed by atoms with van der Waals surface area (Å²) >= 11 is 0. The predicted octanol–water partition coefficient (Wildman–Crippen LogP) is 0.885. The maximum Gasteiger partial charge on any atom is 0.257 e. The minimum Gasteiger partial charge on any atom is -0.484 e. The van der Waals surface area contributed by atoms with E-state index in [0.29, 0.717) is 24.8 Å². The molecule has 1 heterocycles. The highest BCUT2D eigenvalue weighted by Crippen LogP contribution is 2.19. The number of aliphatic hydroxyl groups excluding tert-OH is 1. The van der Waals surface area contributed by atoms with Gasteiger partial charge in [-0.1, -0.05) is 26.0 Å². The molecule has 2 unspecified atom stereocenters. The second kappa shape index (κ2) is 7.43. The SMILES string of the molecule is CC(C)c1cccc(OCC(=O)NCC2CNCC2O)c1. The van der Waals surface area contributed by atoms with Gasteiger partial charge >= 0.3 is 0 Å². The van der Waals surface area contributed by atoms with Crippen molar-refractivity contribution in [3.05, 3.63) is 29.8 Å². The molecule has 1 amide bonds. The zero-order valence-electron chi connectivity index (χ0n) is 12.6. The molecule has 2 atom stereocenters. The molecule has 116 valence electrons. The first-order valence-corrected chi connectivity index (χ1v) is 7.44. The van der Waals surface area contributed by atoms with E-state index in [9.17, 15) is 9.90 Å². The van der Waals surface area contributed by atoms with Gasteiger partial charge in [0.15, 0.2) is 6.61 Å². The van der Waals surface area contributed by atoms with Gasteiger partial charge in [0.05, 0.1) is 6.10 Å². The van der Waals surface area contributed by atoms with Crippen molar-refractivity contribution in [3.8, 4) is 5.75 Å². The second-order valence-corrected chi connectivity index (χ2v) is 5.81. The Morgan fingerprint density at radius 1 is 1.48 bits per heavy atom. The number of carbonyl (C=O) groups excluding carboxylic acids is 1. The van der Waals surface area contributed by atoms with E-state index in [2.05, 4.69) is 24.5 Å². The van der Waals surface area contributed by atoms with E-state index >= 15 is 0 Å². The van der Waals surface area contributed by atoms with Crippen LogP contribution < -0.4 is 15.4 Å². The number of ether oxygens (including phenoxy) is 1. The highest BCUT2D eigenvalue weighted by Gasteiger charge is 2.24. The highest BCUT2D eigenvalue weighted by molar-refractivity contribution is 5.77. The minimum atomic E-state index is -0.381. The zero-order valence-corrected chi connectivity index (χ0v) is 12.6. The molecule has 5 nitrogen and oxygen atoms in total. The third-order valence-corrected chi connectivity index (χ3v) is 3.76. The Balaban J connectivity index is 1.74. The summed E-state index contributed by atoms with van der Waals surface area (Å²) in [7, 11) is 0. The van der Waals surface area contributed by atoms with E-state index in [1.165, 1.54) is 5.56 Å². The molecule has 0 aliphatic carbocycles. The fourth-order valence-corrected chi connectivity index (χ4v) is 2.34. The standard InChI is InChI=1S/C16H24N2O3/c1-11(2)12-4-3-5-14(6-12)21-10-16(20)18-8-13-7-17-9-15(13)19/h3-6,11,13,15,17,19H,7-10H2,1-2H3,(H,18,20). The maximum atomic E-state index is 11.8. The van der Waals surface area contributed by atoms with Gasteiger partial charge in [-0.2, -0.15) is 0 Å². The minimum absolute atomic E-state index is 0.00219. The van der Waals surface area contributed by atoms with Gasteiger partial charge in [-0.25, -0.2) is 0 Å². The van der Waals surface area contributed by atoms with Crippen molar-refractivity contribution in [1.82, 2.24) is 10.6 Å². The first-order valence-electron chi connectivity index (χ1n) is 7.44. The Bertz CT molecular complexity index is 476. The van der Waals surface area contributed by atoms with Crippen LogP contribution in [0.3, 0.4) is 0 Å². The number of nitrogens with one attached hydrogen (secondary N) is 2. The van der Waals surface area contributed by atoms with Gasteiger partial charge in [0.2, 0.25) is 0 Å². The van der Waals surface area contributed by atoms with Crippen LogP contribution in [0, 0.1) is 5.92 Å². The number of hydrogen-bond donors (Lipinski definition) is 3. The number of benzene rings is 1. The van der Waals surface area contributed by atoms with Gasteiger partial charge in [0.1, 0.15) is 5.75 Å². The van der Waals surface area contributed by atoms with E-state index < -0.39 is 0 Å². The molecule has 21 heavy (non-hydrogen) atoms. The van der Waals surface area contributed by atoms with Crippen molar-refractivity contribution in [2.24, 2.45) is 5.92 Å². The number of β-amino-alcohol motifs (C(OH)–C–C–N with tert-alkyl or cyclic N) is 1. The fourth-order valence-electron chi connectivity index (χ4n) is 2.34. The first kappa shape index (κ1) is 15.8. The molecule has 0 radical (unpaired) electrons. The zero-order chi connectivity index (χ0) is 15.2. The van der Waals surface area contributed by atoms with Gasteiger partial charge in [0.25, 0.3) is 5.91 Å². The number of rotatable bonds is 6. The summed E-state index contributed by atoms with van der Waals surface area (Å²) in [6.45, 7) is 6.04. The molecular weight excluding hydrogens is 268 g/mol. The lowest BCUT2D eigenvalue weighted by Gasteiger charge is -2.14. The number of hydrogen-bond acceptors (Lipinski definition) is 4. The molecule has 1 fully saturated rings. The summed E-state index contributed by atoms with van der Waals surface area (Å²) in [5, 5.41) is 15.5. The Hall–Kier alpha value is -1.59. The van der Waals surface area contributed by atoms with Gasteiger partial charge < -0.3 is 20.5 Å². The van der Waals surface area contributed by atoms with Crippen molar-refractivity contribution < 1.29 is 14.6 Å². The van der Waals surface area contributed by atoms with E-state index in [1.807, 2.05) is 24.3 Å². The lowest BCUT2D eigenvalue weighted by molar-refractivity contribution is -0.123. The molecular formula is C16H24N2O3. The first-order chi connectivity index (χ1) is 10.1. The van der Waals surface area contributed by atoms with Gasteiger partial charge in [-0.15, -0.1) is 0 Å². The van der Waals surface area contributed by atoms with Crippen molar-refractivity contribution in [2.45, 2.75) is 25.9 Å². The van der Waals surface area contributed by atoms with Crippen LogP contribution in [0.4, 0.5) is 0 Å². The summed E-state index contributed by atoms with van der Waals surface area (Å²) in [5.74, 6) is 1.06. The molecule has 0 spiro atoms. The van der Waals surface area contributed by atoms with E-state index in [0.717, 1.165) is 6.54 Å². The van der Waals surface area contributed by atoms with Crippen molar-refractivity contribution in [2.75, 3.05) is 26.2 Å². The summed E-state index contributed by atoms with van der Waals surface area (Å²) in [4.78, 5) is 11.8. The maximum absolute atomic E-state index is 11.8. The van der Waals surface area contributed by atoms with Crippen molar-refractivity contribution >= 4 is 5.91 Å². The topological polar surface area (TPSA) is 70.6 Å². The van der Waals surface area contributed by atoms with Crippen LogP contribution in [0.15, 0.2) is 24.3 Å². The monoisotopic (exact) mass is 292 g/mol. The van der Waals surface area contributed by atoms with Crippen molar-refractivity contribution in [3.63, 3.8) is 0 Å². The van der Waals surface area contributed by atoms with Crippen LogP contribution in [-0.2, 0) is 4.79 Å². The van der Waals surface area contributed by atoms with Gasteiger partial charge in [-0.3, -0.25) is 4.79 Å². The molecule has 1 aromatic carbocycles. The lowest BCUT2D eigenvalue weighted by atomic mass is 10.0. The molecule has 0 saturated carbocycles. The molecule has 1 saturated heterocycles. The second-order valence-electron chi connectivity index (χ2n) is 5.81. The number of carbonyl (C=O) groups is 1. The summed E-state index contributed by atoms with van der Waals surface area (Å²) in [6.07, 6.45) is -0.381. The summed E-state index contributed by atoms with van der Waals surface area (Å²) in [6, 6.07) is 7.79. The van der Waals surface area contributed by atoms with Crippen LogP contribution in [0.5, 0.6) is 5.75 Å². The molecule has 1 aromatic rings. The van der Waals surface area contributed by atoms with Crippen LogP contribution in [-0.4, -0.2) is 43.4 Å². The summed E-state index contributed by atoms with van der Waals surface area (Å²) < 4.78 is 5.51. The Labute approximate surface area is 125 Å². The fraction of sp³-hybridized carbons (Fsp3) is 0.562. The smallest absolute Gasteiger partial charge is 0.257 e. The van der Waals surface area contributed by atoms with Crippen LogP contribution in [0.1, 0.15) is 25.3 Å². The number of aliphatic hydroxyl groups is 1. The lowest BCUT2D eigenvalue weighted by Crippen LogP contribution is -2.36. The quantitative estimate of drug-likeness (QED) is 0.728. The molecule has 1 aliphatic heterocycles. The molecule has 0 aromatic heterocycles. The molecule has 5 heteroatoms. The van der Waals surface area contributed by atoms with Crippen LogP contribution in [0.2, 0.25) is 0 Å². The Morgan fingerprint density at radius 2 is 2.29 bits per heavy atom. The summed E-state index contributed by atoms with van der Waals surface area (Å²) in [5.41, 5.74) is 1.19. The van der Waals surface area contributed by atoms with Crippen LogP contribution in [0.25, 0.3) is 0 Å². The third kappa shape index (κ3) is 4.72. The Morgan fingerprint density at radius 3 is 2.95 bits per heavy atom. The van der Waals surface area contributed by atoms with Crippen molar-refractivity contribution in [1.29, 1.82) is 0 Å². The average molecular weight is 292 g/mol. The largest absolute Gasteiger partial charge is 0.484 e. The van der Waals surface area contributed by atoms with Crippen LogP contribution >= 0.6 is 0 Å². The molecule has 0 bridgehead atoms. The molecule has 2 rings (SSSR count).